The Hall–Kier alpha value is -0.963. The lowest BCUT2D eigenvalue weighted by Gasteiger charge is -2.29. The second-order valence-corrected chi connectivity index (χ2v) is 6.18. The molecule has 0 radical (unpaired) electrons. The molecule has 0 heterocycles. The second-order valence-electron chi connectivity index (χ2n) is 3.70. The van der Waals surface area contributed by atoms with Gasteiger partial charge in [-0.05, 0) is 20.8 Å². The van der Waals surface area contributed by atoms with Crippen LogP contribution in [0.5, 0.6) is 0 Å². The summed E-state index contributed by atoms with van der Waals surface area (Å²) in [7, 11) is -4.05. The second kappa shape index (κ2) is 7.16. The van der Waals surface area contributed by atoms with Crippen molar-refractivity contribution in [1.82, 2.24) is 0 Å². The van der Waals surface area contributed by atoms with E-state index in [1.54, 1.807) is 20.8 Å². The molecule has 3 nitrogen and oxygen atoms in total. The third-order valence-electron chi connectivity index (χ3n) is 2.42. The molecule has 114 valence electrons. The molecule has 0 aliphatic rings. The number of halogens is 4. The summed E-state index contributed by atoms with van der Waals surface area (Å²) in [5, 5.41) is -0.930. The van der Waals surface area contributed by atoms with E-state index in [0.29, 0.717) is 0 Å². The van der Waals surface area contributed by atoms with E-state index in [0.717, 1.165) is 0 Å². The zero-order valence-corrected chi connectivity index (χ0v) is 12.4. The summed E-state index contributed by atoms with van der Waals surface area (Å²) in [5.74, 6) is -6.14. The Kier molecular flexibility index (Phi) is 6.12. The minimum atomic E-state index is -4.05. The predicted molar refractivity (Wildman–Crippen MR) is 66.5 cm³/mol. The summed E-state index contributed by atoms with van der Waals surface area (Å²) in [6, 6.07) is 0.136. The standard InChI is InChI=1S/C12H16F4O3Si/c1-4-17-20(18-5-2,19-6-3)12-10(15)8(13)7-9(14)11(12)16/h7H,4-6H2,1-3H3. The summed E-state index contributed by atoms with van der Waals surface area (Å²) in [4.78, 5) is 0. The first-order valence-electron chi connectivity index (χ1n) is 6.18. The van der Waals surface area contributed by atoms with Crippen LogP contribution in [-0.2, 0) is 13.3 Å². The molecule has 0 spiro atoms. The van der Waals surface area contributed by atoms with E-state index in [1.165, 1.54) is 0 Å². The summed E-state index contributed by atoms with van der Waals surface area (Å²) >= 11 is 0. The van der Waals surface area contributed by atoms with Gasteiger partial charge in [-0.1, -0.05) is 0 Å². The van der Waals surface area contributed by atoms with E-state index in [-0.39, 0.29) is 25.9 Å². The summed E-state index contributed by atoms with van der Waals surface area (Å²) in [5.41, 5.74) is 0. The van der Waals surface area contributed by atoms with Gasteiger partial charge in [0.25, 0.3) is 0 Å². The van der Waals surface area contributed by atoms with Crippen molar-refractivity contribution in [3.05, 3.63) is 29.3 Å². The highest BCUT2D eigenvalue weighted by molar-refractivity contribution is 6.75. The van der Waals surface area contributed by atoms with Gasteiger partial charge in [0, 0.05) is 25.9 Å². The van der Waals surface area contributed by atoms with E-state index >= 15 is 0 Å². The van der Waals surface area contributed by atoms with Crippen LogP contribution in [0.4, 0.5) is 17.6 Å². The molecular weight excluding hydrogens is 296 g/mol. The Bertz CT molecular complexity index is 427. The lowest BCUT2D eigenvalue weighted by molar-refractivity contribution is 0.0840. The topological polar surface area (TPSA) is 27.7 Å². The van der Waals surface area contributed by atoms with Crippen LogP contribution in [0.2, 0.25) is 0 Å². The van der Waals surface area contributed by atoms with Crippen LogP contribution in [0.25, 0.3) is 0 Å². The van der Waals surface area contributed by atoms with Gasteiger partial charge in [-0.3, -0.25) is 0 Å². The highest BCUT2D eigenvalue weighted by Gasteiger charge is 2.49. The summed E-state index contributed by atoms with van der Waals surface area (Å²) < 4.78 is 70.3. The Morgan fingerprint density at radius 1 is 0.800 bits per heavy atom. The molecule has 0 N–H and O–H groups in total. The molecule has 8 heteroatoms. The van der Waals surface area contributed by atoms with Crippen LogP contribution in [0, 0.1) is 23.3 Å². The van der Waals surface area contributed by atoms with Gasteiger partial charge in [0.15, 0.2) is 23.3 Å². The van der Waals surface area contributed by atoms with Gasteiger partial charge in [0.2, 0.25) is 0 Å². The van der Waals surface area contributed by atoms with E-state index in [1.807, 2.05) is 0 Å². The van der Waals surface area contributed by atoms with Crippen molar-refractivity contribution in [1.29, 1.82) is 0 Å². The van der Waals surface area contributed by atoms with Crippen molar-refractivity contribution in [2.45, 2.75) is 20.8 Å². The van der Waals surface area contributed by atoms with Gasteiger partial charge in [-0.2, -0.15) is 0 Å². The van der Waals surface area contributed by atoms with Crippen LogP contribution >= 0.6 is 0 Å². The zero-order valence-electron chi connectivity index (χ0n) is 11.4. The molecule has 0 saturated carbocycles. The molecule has 0 aromatic heterocycles. The molecule has 0 aliphatic carbocycles. The molecule has 20 heavy (non-hydrogen) atoms. The number of rotatable bonds is 7. The average molecular weight is 312 g/mol. The third kappa shape index (κ3) is 3.19. The van der Waals surface area contributed by atoms with Crippen LogP contribution < -0.4 is 5.19 Å². The minimum absolute atomic E-state index is 0.0171. The molecule has 0 bridgehead atoms. The lowest BCUT2D eigenvalue weighted by Crippen LogP contribution is -2.60. The molecule has 1 rings (SSSR count). The van der Waals surface area contributed by atoms with E-state index in [2.05, 4.69) is 0 Å². The minimum Gasteiger partial charge on any atom is -0.370 e. The van der Waals surface area contributed by atoms with Crippen molar-refractivity contribution < 1.29 is 30.8 Å². The van der Waals surface area contributed by atoms with E-state index < -0.39 is 37.3 Å². The van der Waals surface area contributed by atoms with Gasteiger partial charge >= 0.3 is 8.80 Å². The lowest BCUT2D eigenvalue weighted by atomic mass is 10.3. The van der Waals surface area contributed by atoms with Crippen molar-refractivity contribution >= 4 is 14.0 Å². The first-order valence-corrected chi connectivity index (χ1v) is 7.91. The highest BCUT2D eigenvalue weighted by atomic mass is 28.4. The average Bonchev–Trinajstić information content (AvgIpc) is 2.37. The van der Waals surface area contributed by atoms with Gasteiger partial charge in [-0.25, -0.2) is 17.6 Å². The summed E-state index contributed by atoms with van der Waals surface area (Å²) in [6.45, 7) is 4.73. The molecule has 0 unspecified atom stereocenters. The van der Waals surface area contributed by atoms with Crippen LogP contribution in [0.1, 0.15) is 20.8 Å². The Labute approximate surface area is 115 Å². The monoisotopic (exact) mass is 312 g/mol. The molecule has 1 aromatic rings. The van der Waals surface area contributed by atoms with Crippen molar-refractivity contribution in [3.63, 3.8) is 0 Å². The fourth-order valence-electron chi connectivity index (χ4n) is 1.75. The molecular formula is C12H16F4O3Si. The van der Waals surface area contributed by atoms with Crippen molar-refractivity contribution in [2.24, 2.45) is 0 Å². The fraction of sp³-hybridized carbons (Fsp3) is 0.500. The third-order valence-corrected chi connectivity index (χ3v) is 5.48. The maximum Gasteiger partial charge on any atom is 0.543 e. The first kappa shape index (κ1) is 17.1. The van der Waals surface area contributed by atoms with Gasteiger partial charge in [0.1, 0.15) is 0 Å². The number of hydrogen-bond donors (Lipinski definition) is 0. The van der Waals surface area contributed by atoms with Crippen molar-refractivity contribution in [2.75, 3.05) is 19.8 Å². The molecule has 0 atom stereocenters. The molecule has 0 saturated heterocycles. The number of hydrogen-bond acceptors (Lipinski definition) is 3. The predicted octanol–water partition coefficient (Wildman–Crippen LogP) is 2.50. The largest absolute Gasteiger partial charge is 0.543 e. The summed E-state index contributed by atoms with van der Waals surface area (Å²) in [6.07, 6.45) is 0. The zero-order chi connectivity index (χ0) is 15.3. The quantitative estimate of drug-likeness (QED) is 0.440. The van der Waals surface area contributed by atoms with Gasteiger partial charge in [-0.15, -0.1) is 0 Å². The maximum absolute atomic E-state index is 13.9. The van der Waals surface area contributed by atoms with Crippen molar-refractivity contribution in [3.8, 4) is 0 Å². The smallest absolute Gasteiger partial charge is 0.370 e. The molecule has 0 fully saturated rings. The van der Waals surface area contributed by atoms with E-state index in [9.17, 15) is 17.6 Å². The maximum atomic E-state index is 13.9. The molecule has 0 amide bonds. The first-order chi connectivity index (χ1) is 9.43. The SMILES string of the molecule is CCO[Si](OCC)(OCC)c1c(F)c(F)cc(F)c1F. The molecule has 0 aliphatic heterocycles. The fourth-order valence-corrected chi connectivity index (χ4v) is 4.35. The van der Waals surface area contributed by atoms with Crippen LogP contribution in [-0.4, -0.2) is 28.6 Å². The Morgan fingerprint density at radius 3 is 1.45 bits per heavy atom. The van der Waals surface area contributed by atoms with Gasteiger partial charge < -0.3 is 13.3 Å². The van der Waals surface area contributed by atoms with Gasteiger partial charge in [0.05, 0.1) is 5.19 Å². The highest BCUT2D eigenvalue weighted by Crippen LogP contribution is 2.19. The molecule has 1 aromatic carbocycles. The normalized spacial score (nSPS) is 11.9. The Balaban J connectivity index is 3.54. The Morgan fingerprint density at radius 2 is 1.15 bits per heavy atom. The van der Waals surface area contributed by atoms with Crippen LogP contribution in [0.3, 0.4) is 0 Å². The van der Waals surface area contributed by atoms with Crippen LogP contribution in [0.15, 0.2) is 6.07 Å². The van der Waals surface area contributed by atoms with E-state index in [4.69, 9.17) is 13.3 Å². The number of benzene rings is 1.